The van der Waals surface area contributed by atoms with Gasteiger partial charge in [0.1, 0.15) is 0 Å². The van der Waals surface area contributed by atoms with Crippen molar-refractivity contribution in [2.24, 2.45) is 11.8 Å². The number of ether oxygens (including phenoxy) is 1. The van der Waals surface area contributed by atoms with Crippen molar-refractivity contribution in [3.05, 3.63) is 22.4 Å². The van der Waals surface area contributed by atoms with Crippen molar-refractivity contribution in [3.63, 3.8) is 0 Å². The molecule has 2 saturated carbocycles. The van der Waals surface area contributed by atoms with Crippen LogP contribution in [0.25, 0.3) is 0 Å². The summed E-state index contributed by atoms with van der Waals surface area (Å²) in [7, 11) is 1.43. The monoisotopic (exact) mass is 523 g/mol. The molecule has 1 aromatic heterocycles. The van der Waals surface area contributed by atoms with Gasteiger partial charge < -0.3 is 15.2 Å². The number of thiophene rings is 1. The van der Waals surface area contributed by atoms with Gasteiger partial charge in [-0.2, -0.15) is 0 Å². The van der Waals surface area contributed by atoms with Crippen LogP contribution in [0.1, 0.15) is 129 Å². The zero-order valence-electron chi connectivity index (χ0n) is 24.3. The Kier molecular flexibility index (Phi) is 17.7. The zero-order valence-corrected chi connectivity index (χ0v) is 25.1. The fourth-order valence-electron chi connectivity index (χ4n) is 5.68. The summed E-state index contributed by atoms with van der Waals surface area (Å²) in [6.07, 6.45) is 16.5. The Balaban J connectivity index is 0.000000394. The van der Waals surface area contributed by atoms with Gasteiger partial charge in [0.05, 0.1) is 13.2 Å². The average Bonchev–Trinajstić information content (AvgIpc) is 3.38. The molecule has 1 aliphatic heterocycles. The number of aliphatic hydroxyl groups excluding tert-OH is 1. The molecule has 210 valence electrons. The van der Waals surface area contributed by atoms with Crippen molar-refractivity contribution in [2.75, 3.05) is 13.7 Å². The minimum Gasteiger partial charge on any atom is -0.469 e. The van der Waals surface area contributed by atoms with Crippen LogP contribution >= 0.6 is 11.3 Å². The van der Waals surface area contributed by atoms with Crippen molar-refractivity contribution >= 4 is 17.3 Å². The molecule has 2 aliphatic carbocycles. The van der Waals surface area contributed by atoms with Gasteiger partial charge in [-0.25, -0.2) is 0 Å². The van der Waals surface area contributed by atoms with Crippen LogP contribution in [-0.2, 0) is 14.9 Å². The van der Waals surface area contributed by atoms with Crippen molar-refractivity contribution in [2.45, 2.75) is 142 Å². The van der Waals surface area contributed by atoms with E-state index >= 15 is 0 Å². The number of rotatable bonds is 12. The summed E-state index contributed by atoms with van der Waals surface area (Å²) in [5.74, 6) is 1.80. The minimum absolute atomic E-state index is 0.0869. The standard InChI is InChI=1S/C19H29NOS.C8H16O2.2C2H6/c21-17(19(9-3-10-19)18-6-2-11-22-18)5-1-4-14-7-8-15(12-14)16-13-20-16;1-3-4-5-6-7-8(9)10-2;2*1-2/h2,6,11,14-17,20-21H,1,3-5,7-10,12-13H2;3-7H2,1-2H3;2*1-2H3/t14-,15?,16?,17?;;;/m0.../s1. The van der Waals surface area contributed by atoms with Gasteiger partial charge in [-0.15, -0.1) is 11.3 Å². The second-order valence-electron chi connectivity index (χ2n) is 10.3. The molecule has 0 aromatic carbocycles. The fraction of sp³-hybridized carbons (Fsp3) is 0.839. The summed E-state index contributed by atoms with van der Waals surface area (Å²) in [6.45, 7) is 11.4. The van der Waals surface area contributed by atoms with E-state index in [1.165, 1.54) is 82.7 Å². The molecular formula is C31H57NO3S. The summed E-state index contributed by atoms with van der Waals surface area (Å²) in [4.78, 5) is 12.0. The quantitative estimate of drug-likeness (QED) is 0.164. The van der Waals surface area contributed by atoms with E-state index in [2.05, 4.69) is 34.5 Å². The molecule has 0 amide bonds. The average molecular weight is 524 g/mol. The number of methoxy groups -OCH3 is 1. The summed E-state index contributed by atoms with van der Waals surface area (Å²) in [6, 6.07) is 5.22. The van der Waals surface area contributed by atoms with E-state index in [0.717, 1.165) is 37.1 Å². The molecule has 5 heteroatoms. The van der Waals surface area contributed by atoms with Gasteiger partial charge in [0, 0.05) is 29.3 Å². The highest BCUT2D eigenvalue weighted by molar-refractivity contribution is 7.10. The molecule has 36 heavy (non-hydrogen) atoms. The molecule has 1 aromatic rings. The Bertz CT molecular complexity index is 655. The van der Waals surface area contributed by atoms with Gasteiger partial charge in [0.15, 0.2) is 0 Å². The molecule has 4 nitrogen and oxygen atoms in total. The molecule has 1 saturated heterocycles. The molecular weight excluding hydrogens is 466 g/mol. The van der Waals surface area contributed by atoms with Crippen LogP contribution in [-0.4, -0.2) is 36.9 Å². The molecule has 0 spiro atoms. The molecule has 3 aliphatic rings. The molecule has 0 bridgehead atoms. The fourth-order valence-corrected chi connectivity index (χ4v) is 6.72. The first kappa shape index (κ1) is 33.1. The van der Waals surface area contributed by atoms with Gasteiger partial charge in [0.2, 0.25) is 0 Å². The summed E-state index contributed by atoms with van der Waals surface area (Å²) < 4.78 is 4.49. The molecule has 2 N–H and O–H groups in total. The lowest BCUT2D eigenvalue weighted by Gasteiger charge is -2.45. The van der Waals surface area contributed by atoms with Crippen molar-refractivity contribution in [3.8, 4) is 0 Å². The summed E-state index contributed by atoms with van der Waals surface area (Å²) >= 11 is 1.84. The second kappa shape index (κ2) is 19.2. The third-order valence-corrected chi connectivity index (χ3v) is 9.13. The zero-order chi connectivity index (χ0) is 26.8. The van der Waals surface area contributed by atoms with Crippen LogP contribution in [0.4, 0.5) is 0 Å². The Morgan fingerprint density at radius 3 is 2.42 bits per heavy atom. The first-order valence-electron chi connectivity index (χ1n) is 15.1. The molecule has 4 atom stereocenters. The molecule has 0 radical (unpaired) electrons. The number of carbonyl (C=O) groups excluding carboxylic acids is 1. The maximum atomic E-state index is 10.8. The van der Waals surface area contributed by atoms with Gasteiger partial charge in [0.25, 0.3) is 0 Å². The Morgan fingerprint density at radius 2 is 1.89 bits per heavy atom. The third kappa shape index (κ3) is 10.8. The van der Waals surface area contributed by atoms with Crippen LogP contribution in [0.2, 0.25) is 0 Å². The highest BCUT2D eigenvalue weighted by atomic mass is 32.1. The number of nitrogens with one attached hydrogen (secondary N) is 1. The maximum Gasteiger partial charge on any atom is 0.305 e. The van der Waals surface area contributed by atoms with Crippen molar-refractivity contribution in [1.29, 1.82) is 0 Å². The van der Waals surface area contributed by atoms with Crippen molar-refractivity contribution < 1.29 is 14.6 Å². The molecule has 3 fully saturated rings. The largest absolute Gasteiger partial charge is 0.469 e. The van der Waals surface area contributed by atoms with Crippen LogP contribution in [0.15, 0.2) is 17.5 Å². The summed E-state index contributed by atoms with van der Waals surface area (Å²) in [5.41, 5.74) is 0.115. The van der Waals surface area contributed by atoms with E-state index in [9.17, 15) is 9.90 Å². The van der Waals surface area contributed by atoms with Crippen LogP contribution in [0.5, 0.6) is 0 Å². The topological polar surface area (TPSA) is 68.5 Å². The van der Waals surface area contributed by atoms with E-state index in [0.29, 0.717) is 6.42 Å². The van der Waals surface area contributed by atoms with Gasteiger partial charge in [-0.1, -0.05) is 85.6 Å². The van der Waals surface area contributed by atoms with Crippen LogP contribution in [0, 0.1) is 11.8 Å². The molecule has 2 heterocycles. The number of unbranched alkanes of at least 4 members (excludes halogenated alkanes) is 3. The Hall–Kier alpha value is -0.910. The number of carbonyl (C=O) groups is 1. The Labute approximate surface area is 227 Å². The van der Waals surface area contributed by atoms with Crippen molar-refractivity contribution in [1.82, 2.24) is 5.32 Å². The van der Waals surface area contributed by atoms with E-state index in [1.54, 1.807) is 0 Å². The maximum absolute atomic E-state index is 10.8. The number of hydrogen-bond donors (Lipinski definition) is 2. The predicted octanol–water partition coefficient (Wildman–Crippen LogP) is 8.27. The lowest BCUT2D eigenvalue weighted by Crippen LogP contribution is -2.44. The number of aliphatic hydroxyl groups is 1. The lowest BCUT2D eigenvalue weighted by atomic mass is 9.63. The highest BCUT2D eigenvalue weighted by Crippen LogP contribution is 2.49. The highest BCUT2D eigenvalue weighted by Gasteiger charge is 2.45. The minimum atomic E-state index is -0.123. The Morgan fingerprint density at radius 1 is 1.17 bits per heavy atom. The van der Waals surface area contributed by atoms with Gasteiger partial charge in [-0.3, -0.25) is 4.79 Å². The first-order chi connectivity index (χ1) is 17.6. The van der Waals surface area contributed by atoms with E-state index < -0.39 is 0 Å². The van der Waals surface area contributed by atoms with Gasteiger partial charge in [-0.05, 0) is 61.8 Å². The lowest BCUT2D eigenvalue weighted by molar-refractivity contribution is -0.140. The molecule has 3 unspecified atom stereocenters. The normalized spacial score (nSPS) is 23.9. The predicted molar refractivity (Wildman–Crippen MR) is 156 cm³/mol. The summed E-state index contributed by atoms with van der Waals surface area (Å²) in [5, 5.41) is 16.5. The number of esters is 1. The van der Waals surface area contributed by atoms with Crippen LogP contribution < -0.4 is 5.32 Å². The third-order valence-electron chi connectivity index (χ3n) is 8.04. The second-order valence-corrected chi connectivity index (χ2v) is 11.2. The smallest absolute Gasteiger partial charge is 0.305 e. The van der Waals surface area contributed by atoms with Crippen LogP contribution in [0.3, 0.4) is 0 Å². The van der Waals surface area contributed by atoms with E-state index in [1.807, 2.05) is 39.0 Å². The van der Waals surface area contributed by atoms with Gasteiger partial charge >= 0.3 is 5.97 Å². The molecule has 4 rings (SSSR count). The first-order valence-corrected chi connectivity index (χ1v) is 16.0. The number of hydrogen-bond acceptors (Lipinski definition) is 5. The van der Waals surface area contributed by atoms with E-state index in [4.69, 9.17) is 0 Å². The van der Waals surface area contributed by atoms with E-state index in [-0.39, 0.29) is 17.5 Å². The SMILES string of the molecule is CC.CC.CCCCCCC(=O)OC.OC(CCC[C@H]1CCC(C2CN2)C1)C1(c2cccs2)CCC1.